The molecule has 0 saturated carbocycles. The Morgan fingerprint density at radius 2 is 1.86 bits per heavy atom. The van der Waals surface area contributed by atoms with Crippen LogP contribution in [-0.4, -0.2) is 84.8 Å². The maximum Gasteiger partial charge on any atom is 0.266 e. The Labute approximate surface area is 174 Å². The molecule has 9 heteroatoms. The van der Waals surface area contributed by atoms with Gasteiger partial charge in [-0.2, -0.15) is 0 Å². The number of thiocarbonyl (C=S) groups is 1. The normalized spacial score (nSPS) is 19.5. The minimum absolute atomic E-state index is 0.0162. The summed E-state index contributed by atoms with van der Waals surface area (Å²) in [6, 6.07) is 5.41. The highest BCUT2D eigenvalue weighted by Crippen LogP contribution is 2.34. The molecule has 2 fully saturated rings. The topological polar surface area (TPSA) is 62.3 Å². The smallest absolute Gasteiger partial charge is 0.266 e. The third-order valence-corrected chi connectivity index (χ3v) is 6.11. The molecule has 0 unspecified atom stereocenters. The van der Waals surface area contributed by atoms with Crippen LogP contribution in [0.15, 0.2) is 23.1 Å². The van der Waals surface area contributed by atoms with Crippen LogP contribution in [-0.2, 0) is 9.59 Å². The Morgan fingerprint density at radius 3 is 2.50 bits per heavy atom. The van der Waals surface area contributed by atoms with Gasteiger partial charge in [-0.15, -0.1) is 0 Å². The fourth-order valence-electron chi connectivity index (χ4n) is 3.02. The van der Waals surface area contributed by atoms with Gasteiger partial charge in [0.1, 0.15) is 10.9 Å². The molecule has 2 amide bonds. The zero-order valence-corrected chi connectivity index (χ0v) is 17.8. The monoisotopic (exact) mass is 421 g/mol. The molecule has 0 N–H and O–H groups in total. The van der Waals surface area contributed by atoms with E-state index in [2.05, 4.69) is 4.90 Å². The zero-order valence-electron chi connectivity index (χ0n) is 16.1. The third kappa shape index (κ3) is 4.48. The number of rotatable bonds is 5. The molecule has 1 aromatic rings. The number of ether oxygens (including phenoxy) is 2. The molecule has 1 aromatic carbocycles. The lowest BCUT2D eigenvalue weighted by atomic mass is 10.2. The predicted molar refractivity (Wildman–Crippen MR) is 114 cm³/mol. The van der Waals surface area contributed by atoms with Gasteiger partial charge in [0, 0.05) is 26.2 Å². The number of nitrogens with zero attached hydrogens (tertiary/aromatic N) is 3. The minimum atomic E-state index is -0.243. The molecule has 0 radical (unpaired) electrons. The lowest BCUT2D eigenvalue weighted by Crippen LogP contribution is -2.50. The van der Waals surface area contributed by atoms with E-state index in [0.29, 0.717) is 33.8 Å². The van der Waals surface area contributed by atoms with E-state index in [0.717, 1.165) is 18.7 Å². The average Bonchev–Trinajstić information content (AvgIpc) is 2.95. The molecular weight excluding hydrogens is 398 g/mol. The summed E-state index contributed by atoms with van der Waals surface area (Å²) < 4.78 is 10.9. The molecule has 3 rings (SSSR count). The summed E-state index contributed by atoms with van der Waals surface area (Å²) in [4.78, 5) is 31.2. The highest BCUT2D eigenvalue weighted by molar-refractivity contribution is 8.26. The van der Waals surface area contributed by atoms with Gasteiger partial charge in [0.2, 0.25) is 5.91 Å². The van der Waals surface area contributed by atoms with Crippen molar-refractivity contribution in [1.29, 1.82) is 0 Å². The molecule has 2 aliphatic rings. The first-order valence-electron chi connectivity index (χ1n) is 8.86. The SMILES string of the molecule is COc1ccc(C=C2SC(=S)N(CC(=O)N3CCN(C)CC3)C2=O)cc1OC. The molecule has 150 valence electrons. The maximum absolute atomic E-state index is 12.8. The van der Waals surface area contributed by atoms with Crippen LogP contribution in [0, 0.1) is 0 Å². The van der Waals surface area contributed by atoms with Crippen LogP contribution in [0.2, 0.25) is 0 Å². The Kier molecular flexibility index (Phi) is 6.58. The molecule has 7 nitrogen and oxygen atoms in total. The van der Waals surface area contributed by atoms with Crippen molar-refractivity contribution in [1.82, 2.24) is 14.7 Å². The van der Waals surface area contributed by atoms with E-state index in [1.165, 1.54) is 16.7 Å². The van der Waals surface area contributed by atoms with Crippen molar-refractivity contribution in [3.63, 3.8) is 0 Å². The molecule has 0 aliphatic carbocycles. The molecule has 0 aromatic heterocycles. The Balaban J connectivity index is 1.71. The third-order valence-electron chi connectivity index (χ3n) is 4.73. The van der Waals surface area contributed by atoms with Gasteiger partial charge < -0.3 is 19.3 Å². The van der Waals surface area contributed by atoms with Gasteiger partial charge in [-0.1, -0.05) is 30.0 Å². The maximum atomic E-state index is 12.8. The summed E-state index contributed by atoms with van der Waals surface area (Å²) in [6.45, 7) is 3.00. The number of hydrogen-bond donors (Lipinski definition) is 0. The lowest BCUT2D eigenvalue weighted by Gasteiger charge is -2.33. The summed E-state index contributed by atoms with van der Waals surface area (Å²) in [5.74, 6) is 0.881. The number of piperazine rings is 1. The molecule has 0 atom stereocenters. The second-order valence-corrected chi connectivity index (χ2v) is 8.24. The van der Waals surface area contributed by atoms with E-state index < -0.39 is 0 Å². The van der Waals surface area contributed by atoms with Crippen LogP contribution in [0.5, 0.6) is 11.5 Å². The van der Waals surface area contributed by atoms with E-state index in [-0.39, 0.29) is 18.4 Å². The summed E-state index contributed by atoms with van der Waals surface area (Å²) in [7, 11) is 5.16. The standard InChI is InChI=1S/C19H23N3O4S2/c1-20-6-8-21(9-7-20)17(23)12-22-18(24)16(28-19(22)27)11-13-4-5-14(25-2)15(10-13)26-3/h4-5,10-11H,6-9,12H2,1-3H3. The number of carbonyl (C=O) groups is 2. The first-order valence-corrected chi connectivity index (χ1v) is 10.1. The van der Waals surface area contributed by atoms with Crippen molar-refractivity contribution in [3.05, 3.63) is 28.7 Å². The van der Waals surface area contributed by atoms with Gasteiger partial charge in [-0.3, -0.25) is 14.5 Å². The van der Waals surface area contributed by atoms with Gasteiger partial charge >= 0.3 is 0 Å². The molecular formula is C19H23N3O4S2. The Bertz CT molecular complexity index is 819. The first-order chi connectivity index (χ1) is 13.4. The van der Waals surface area contributed by atoms with Crippen LogP contribution in [0.25, 0.3) is 6.08 Å². The first kappa shape index (κ1) is 20.6. The largest absolute Gasteiger partial charge is 0.493 e. The second kappa shape index (κ2) is 8.93. The minimum Gasteiger partial charge on any atom is -0.493 e. The quantitative estimate of drug-likeness (QED) is 0.529. The molecule has 2 heterocycles. The van der Waals surface area contributed by atoms with Crippen LogP contribution >= 0.6 is 24.0 Å². The van der Waals surface area contributed by atoms with E-state index in [9.17, 15) is 9.59 Å². The van der Waals surface area contributed by atoms with Gasteiger partial charge in [0.15, 0.2) is 11.5 Å². The Morgan fingerprint density at radius 1 is 1.18 bits per heavy atom. The summed E-state index contributed by atoms with van der Waals surface area (Å²) >= 11 is 6.55. The van der Waals surface area contributed by atoms with E-state index in [4.69, 9.17) is 21.7 Å². The molecule has 0 bridgehead atoms. The van der Waals surface area contributed by atoms with Crippen LogP contribution in [0.3, 0.4) is 0 Å². The van der Waals surface area contributed by atoms with Crippen molar-refractivity contribution >= 4 is 46.2 Å². The van der Waals surface area contributed by atoms with E-state index in [1.807, 2.05) is 13.1 Å². The van der Waals surface area contributed by atoms with Crippen molar-refractivity contribution < 1.29 is 19.1 Å². The van der Waals surface area contributed by atoms with Crippen molar-refractivity contribution in [2.24, 2.45) is 0 Å². The zero-order chi connectivity index (χ0) is 20.3. The van der Waals surface area contributed by atoms with Crippen LogP contribution in [0.1, 0.15) is 5.56 Å². The van der Waals surface area contributed by atoms with Crippen LogP contribution < -0.4 is 9.47 Å². The van der Waals surface area contributed by atoms with Crippen molar-refractivity contribution in [3.8, 4) is 11.5 Å². The number of amides is 2. The molecule has 0 spiro atoms. The second-order valence-electron chi connectivity index (χ2n) is 6.57. The highest BCUT2D eigenvalue weighted by atomic mass is 32.2. The van der Waals surface area contributed by atoms with Gasteiger partial charge in [-0.25, -0.2) is 0 Å². The van der Waals surface area contributed by atoms with E-state index in [1.54, 1.807) is 37.3 Å². The number of hydrogen-bond acceptors (Lipinski definition) is 7. The van der Waals surface area contributed by atoms with Crippen LogP contribution in [0.4, 0.5) is 0 Å². The van der Waals surface area contributed by atoms with Gasteiger partial charge in [-0.05, 0) is 30.8 Å². The number of carbonyl (C=O) groups excluding carboxylic acids is 2. The summed E-state index contributed by atoms with van der Waals surface area (Å²) in [5.41, 5.74) is 0.795. The summed E-state index contributed by atoms with van der Waals surface area (Å²) in [6.07, 6.45) is 1.75. The van der Waals surface area contributed by atoms with Gasteiger partial charge in [0.25, 0.3) is 5.91 Å². The average molecular weight is 422 g/mol. The number of methoxy groups -OCH3 is 2. The number of thioether (sulfide) groups is 1. The molecule has 2 saturated heterocycles. The number of benzene rings is 1. The van der Waals surface area contributed by atoms with Crippen molar-refractivity contribution in [2.75, 3.05) is 54.0 Å². The highest BCUT2D eigenvalue weighted by Gasteiger charge is 2.34. The van der Waals surface area contributed by atoms with Gasteiger partial charge in [0.05, 0.1) is 19.1 Å². The lowest BCUT2D eigenvalue weighted by molar-refractivity contribution is -0.136. The molecule has 28 heavy (non-hydrogen) atoms. The number of likely N-dealkylation sites (N-methyl/N-ethyl adjacent to an activating group) is 1. The molecule has 2 aliphatic heterocycles. The predicted octanol–water partition coefficient (Wildman–Crippen LogP) is 1.68. The fourth-order valence-corrected chi connectivity index (χ4v) is 4.28. The van der Waals surface area contributed by atoms with E-state index >= 15 is 0 Å². The fraction of sp³-hybridized carbons (Fsp3) is 0.421. The van der Waals surface area contributed by atoms with Crippen molar-refractivity contribution in [2.45, 2.75) is 0 Å². The summed E-state index contributed by atoms with van der Waals surface area (Å²) in [5, 5.41) is 0. The Hall–Kier alpha value is -2.10.